The van der Waals surface area contributed by atoms with Crippen LogP contribution in [0.15, 0.2) is 97.1 Å². The van der Waals surface area contributed by atoms with Gasteiger partial charge in [0.1, 0.15) is 0 Å². The van der Waals surface area contributed by atoms with E-state index in [9.17, 15) is 0 Å². The number of rotatable bonds is 4. The molecule has 5 rings (SSSR count). The first-order valence-electron chi connectivity index (χ1n) is 10.0. The van der Waals surface area contributed by atoms with Gasteiger partial charge in [0.25, 0.3) is 0 Å². The van der Waals surface area contributed by atoms with Crippen molar-refractivity contribution in [3.8, 4) is 0 Å². The molecule has 0 atom stereocenters. The lowest BCUT2D eigenvalue weighted by atomic mass is 9.69. The first kappa shape index (κ1) is 21.4. The van der Waals surface area contributed by atoms with Crippen molar-refractivity contribution in [1.29, 1.82) is 0 Å². The highest BCUT2D eigenvalue weighted by atomic mass is 35.5. The summed E-state index contributed by atoms with van der Waals surface area (Å²) in [5.74, 6) is 0. The van der Waals surface area contributed by atoms with Crippen LogP contribution in [0.5, 0.6) is 0 Å². The Bertz CT molecular complexity index is 1120. The Kier molecular flexibility index (Phi) is 5.88. The summed E-state index contributed by atoms with van der Waals surface area (Å²) in [6.07, 6.45) is 0. The third-order valence-electron chi connectivity index (χ3n) is 5.53. The van der Waals surface area contributed by atoms with Crippen LogP contribution in [0.2, 0.25) is 20.1 Å². The van der Waals surface area contributed by atoms with Gasteiger partial charge in [-0.15, -0.1) is 0 Å². The fraction of sp³-hybridized carbons (Fsp3) is 0. The molecule has 0 aromatic heterocycles. The van der Waals surface area contributed by atoms with E-state index in [0.29, 0.717) is 20.1 Å². The standard InChI is InChI=1S/C28H16Cl4/c29-21-9-1-17(2-10-21)25-26(18-3-11-22(30)12-4-18)28(20-7-15-24(32)16-8-20)27(25)19-5-13-23(31)14-6-19/h1-16H. The van der Waals surface area contributed by atoms with Crippen LogP contribution >= 0.6 is 46.4 Å². The van der Waals surface area contributed by atoms with Crippen LogP contribution in [0.4, 0.5) is 0 Å². The van der Waals surface area contributed by atoms with Gasteiger partial charge in [-0.1, -0.05) is 94.9 Å². The van der Waals surface area contributed by atoms with Crippen molar-refractivity contribution in [2.24, 2.45) is 0 Å². The van der Waals surface area contributed by atoms with Gasteiger partial charge in [-0.2, -0.15) is 0 Å². The monoisotopic (exact) mass is 492 g/mol. The van der Waals surface area contributed by atoms with E-state index in [1.165, 1.54) is 0 Å². The molecule has 0 unspecified atom stereocenters. The van der Waals surface area contributed by atoms with E-state index in [4.69, 9.17) is 46.4 Å². The predicted molar refractivity (Wildman–Crippen MR) is 139 cm³/mol. The first-order valence-corrected chi connectivity index (χ1v) is 11.6. The van der Waals surface area contributed by atoms with Gasteiger partial charge >= 0.3 is 0 Å². The number of halogens is 4. The van der Waals surface area contributed by atoms with Crippen LogP contribution in [0.3, 0.4) is 0 Å². The molecule has 1 aliphatic rings. The minimum atomic E-state index is 0.705. The van der Waals surface area contributed by atoms with Crippen LogP contribution < -0.4 is 0 Å². The van der Waals surface area contributed by atoms with E-state index >= 15 is 0 Å². The van der Waals surface area contributed by atoms with Crippen molar-refractivity contribution in [3.05, 3.63) is 139 Å². The second-order valence-electron chi connectivity index (χ2n) is 7.53. The first-order chi connectivity index (χ1) is 15.5. The molecule has 4 heteroatoms. The molecule has 0 fully saturated rings. The lowest BCUT2D eigenvalue weighted by Crippen LogP contribution is -2.10. The topological polar surface area (TPSA) is 0 Å². The largest absolute Gasteiger partial charge is 0.0843 e. The molecule has 0 amide bonds. The molecule has 0 saturated carbocycles. The average Bonchev–Trinajstić information content (AvgIpc) is 2.78. The van der Waals surface area contributed by atoms with Crippen LogP contribution in [0.25, 0.3) is 22.3 Å². The summed E-state index contributed by atoms with van der Waals surface area (Å²) < 4.78 is 0. The lowest BCUT2D eigenvalue weighted by Gasteiger charge is -2.33. The number of benzene rings is 4. The van der Waals surface area contributed by atoms with Crippen LogP contribution in [-0.4, -0.2) is 0 Å². The zero-order chi connectivity index (χ0) is 22.2. The van der Waals surface area contributed by atoms with Crippen LogP contribution in [0, 0.1) is 0 Å². The van der Waals surface area contributed by atoms with Gasteiger partial charge in [-0.05, 0) is 93.1 Å². The van der Waals surface area contributed by atoms with Gasteiger partial charge in [-0.3, -0.25) is 0 Å². The smallest absolute Gasteiger partial charge is 0.0406 e. The zero-order valence-corrected chi connectivity index (χ0v) is 19.8. The molecule has 4 aromatic carbocycles. The summed E-state index contributed by atoms with van der Waals surface area (Å²) in [4.78, 5) is 0. The second-order valence-corrected chi connectivity index (χ2v) is 9.27. The van der Waals surface area contributed by atoms with Crippen LogP contribution in [0.1, 0.15) is 22.3 Å². The van der Waals surface area contributed by atoms with Gasteiger partial charge in [0.15, 0.2) is 0 Å². The third kappa shape index (κ3) is 4.00. The molecule has 1 aliphatic carbocycles. The van der Waals surface area contributed by atoms with Crippen molar-refractivity contribution in [2.45, 2.75) is 0 Å². The fourth-order valence-corrected chi connectivity index (χ4v) is 4.56. The molecule has 0 N–H and O–H groups in total. The molecule has 0 aliphatic heterocycles. The summed E-state index contributed by atoms with van der Waals surface area (Å²) in [5, 5.41) is 2.82. The van der Waals surface area contributed by atoms with Gasteiger partial charge < -0.3 is 0 Å². The number of hydrogen-bond donors (Lipinski definition) is 0. The third-order valence-corrected chi connectivity index (χ3v) is 6.54. The minimum Gasteiger partial charge on any atom is -0.0843 e. The summed E-state index contributed by atoms with van der Waals surface area (Å²) in [5.41, 5.74) is 9.05. The minimum absolute atomic E-state index is 0.705. The van der Waals surface area contributed by atoms with E-state index in [1.807, 2.05) is 48.5 Å². The quantitative estimate of drug-likeness (QED) is 0.265. The molecular formula is C28H16Cl4. The van der Waals surface area contributed by atoms with Crippen molar-refractivity contribution < 1.29 is 0 Å². The predicted octanol–water partition coefficient (Wildman–Crippen LogP) is 9.84. The summed E-state index contributed by atoms with van der Waals surface area (Å²) in [6.45, 7) is 0. The normalized spacial score (nSPS) is 13.4. The molecule has 156 valence electrons. The molecule has 0 heterocycles. The van der Waals surface area contributed by atoms with Crippen molar-refractivity contribution in [1.82, 2.24) is 0 Å². The SMILES string of the molecule is Clc1ccc(C2=C(c3ccc(Cl)cc3)C(c3ccc(Cl)cc3)=C2c2ccc(Cl)cc2)cc1. The van der Waals surface area contributed by atoms with Gasteiger partial charge in [0.2, 0.25) is 0 Å². The molecule has 0 saturated heterocycles. The number of hydrogen-bond acceptors (Lipinski definition) is 0. The molecule has 0 radical (unpaired) electrons. The Hall–Kier alpha value is -2.48. The summed E-state index contributed by atoms with van der Waals surface area (Å²) >= 11 is 24.8. The second kappa shape index (κ2) is 8.81. The van der Waals surface area contributed by atoms with Gasteiger partial charge in [0, 0.05) is 20.1 Å². The zero-order valence-electron chi connectivity index (χ0n) is 16.7. The molecular weight excluding hydrogens is 478 g/mol. The molecule has 0 spiro atoms. The Labute approximate surface area is 207 Å². The maximum atomic E-state index is 6.19. The maximum absolute atomic E-state index is 6.19. The number of allylic oxidation sites excluding steroid dienone is 4. The van der Waals surface area contributed by atoms with E-state index in [2.05, 4.69) is 48.5 Å². The molecule has 0 nitrogen and oxygen atoms in total. The lowest BCUT2D eigenvalue weighted by molar-refractivity contribution is 1.51. The summed E-state index contributed by atoms with van der Waals surface area (Å²) in [7, 11) is 0. The van der Waals surface area contributed by atoms with E-state index in [0.717, 1.165) is 44.5 Å². The van der Waals surface area contributed by atoms with Crippen molar-refractivity contribution in [3.63, 3.8) is 0 Å². The highest BCUT2D eigenvalue weighted by molar-refractivity contribution is 6.43. The molecule has 32 heavy (non-hydrogen) atoms. The highest BCUT2D eigenvalue weighted by Crippen LogP contribution is 2.56. The van der Waals surface area contributed by atoms with Gasteiger partial charge in [0.05, 0.1) is 0 Å². The Balaban J connectivity index is 1.79. The van der Waals surface area contributed by atoms with E-state index < -0.39 is 0 Å². The van der Waals surface area contributed by atoms with E-state index in [1.54, 1.807) is 0 Å². The van der Waals surface area contributed by atoms with Crippen LogP contribution in [-0.2, 0) is 0 Å². The van der Waals surface area contributed by atoms with Crippen molar-refractivity contribution in [2.75, 3.05) is 0 Å². The maximum Gasteiger partial charge on any atom is 0.0406 e. The highest BCUT2D eigenvalue weighted by Gasteiger charge is 2.33. The Morgan fingerprint density at radius 1 is 0.250 bits per heavy atom. The molecule has 0 bridgehead atoms. The van der Waals surface area contributed by atoms with Gasteiger partial charge in [-0.25, -0.2) is 0 Å². The Morgan fingerprint density at radius 2 is 0.406 bits per heavy atom. The van der Waals surface area contributed by atoms with Crippen molar-refractivity contribution >= 4 is 68.7 Å². The average molecular weight is 494 g/mol. The van der Waals surface area contributed by atoms with E-state index in [-0.39, 0.29) is 0 Å². The fourth-order valence-electron chi connectivity index (χ4n) is 4.06. The Morgan fingerprint density at radius 3 is 0.562 bits per heavy atom. The summed E-state index contributed by atoms with van der Waals surface area (Å²) in [6, 6.07) is 31.8. The molecule has 4 aromatic rings.